The van der Waals surface area contributed by atoms with E-state index in [1.165, 1.54) is 21.9 Å². The molecule has 2 amide bonds. The van der Waals surface area contributed by atoms with Crippen LogP contribution in [0.5, 0.6) is 0 Å². The molecule has 30 heavy (non-hydrogen) atoms. The van der Waals surface area contributed by atoms with E-state index in [0.29, 0.717) is 26.3 Å². The first-order chi connectivity index (χ1) is 14.3. The van der Waals surface area contributed by atoms with Gasteiger partial charge in [-0.05, 0) is 18.2 Å². The third-order valence-electron chi connectivity index (χ3n) is 4.72. The zero-order chi connectivity index (χ0) is 21.8. The van der Waals surface area contributed by atoms with E-state index in [1.807, 2.05) is 0 Å². The van der Waals surface area contributed by atoms with Crippen LogP contribution in [0.15, 0.2) is 18.2 Å². The maximum atomic E-state index is 14.4. The Hall–Kier alpha value is -3.05. The van der Waals surface area contributed by atoms with Crippen molar-refractivity contribution in [2.24, 2.45) is 0 Å². The van der Waals surface area contributed by atoms with Gasteiger partial charge in [-0.15, -0.1) is 0 Å². The Morgan fingerprint density at radius 3 is 2.53 bits per heavy atom. The molecule has 0 radical (unpaired) electrons. The van der Waals surface area contributed by atoms with E-state index in [1.54, 1.807) is 0 Å². The molecule has 2 saturated heterocycles. The third-order valence-corrected chi connectivity index (χ3v) is 4.72. The second kappa shape index (κ2) is 9.18. The van der Waals surface area contributed by atoms with Crippen LogP contribution in [0.1, 0.15) is 17.3 Å². The molecule has 2 aliphatic rings. The number of nitrogens with zero attached hydrogens (tertiary/aromatic N) is 2. The number of amides is 2. The number of carbonyl (C=O) groups excluding carboxylic acids is 3. The summed E-state index contributed by atoms with van der Waals surface area (Å²) in [4.78, 5) is 50.8. The van der Waals surface area contributed by atoms with Crippen molar-refractivity contribution < 1.29 is 42.9 Å². The summed E-state index contributed by atoms with van der Waals surface area (Å²) in [5, 5.41) is 9.31. The lowest BCUT2D eigenvalue weighted by atomic mass is 10.1. The number of aliphatic carboxylic acids is 1. The molecule has 162 valence electrons. The molecule has 2 fully saturated rings. The summed E-state index contributed by atoms with van der Waals surface area (Å²) in [5.41, 5.74) is -0.00159. The van der Waals surface area contributed by atoms with Gasteiger partial charge in [0.05, 0.1) is 25.4 Å². The number of benzene rings is 1. The van der Waals surface area contributed by atoms with Crippen LogP contribution >= 0.6 is 0 Å². The van der Waals surface area contributed by atoms with Crippen molar-refractivity contribution in [1.29, 1.82) is 0 Å². The molecule has 10 nitrogen and oxygen atoms in total. The second-order valence-corrected chi connectivity index (χ2v) is 6.72. The van der Waals surface area contributed by atoms with Crippen LogP contribution in [0.3, 0.4) is 0 Å². The van der Waals surface area contributed by atoms with E-state index in [9.17, 15) is 28.7 Å². The predicted octanol–water partition coefficient (Wildman–Crippen LogP) is 0.0462. The van der Waals surface area contributed by atoms with Crippen molar-refractivity contribution in [3.8, 4) is 0 Å². The van der Waals surface area contributed by atoms with Crippen LogP contribution in [0.4, 0.5) is 10.1 Å². The highest BCUT2D eigenvalue weighted by atomic mass is 19.1. The van der Waals surface area contributed by atoms with Crippen molar-refractivity contribution in [2.45, 2.75) is 19.1 Å². The fourth-order valence-corrected chi connectivity index (χ4v) is 3.28. The molecule has 2 heterocycles. The molecular weight excluding hydrogens is 403 g/mol. The minimum absolute atomic E-state index is 0.0361. The molecule has 3 rings (SSSR count). The number of hydrogen-bond acceptors (Lipinski definition) is 7. The van der Waals surface area contributed by atoms with Crippen molar-refractivity contribution in [3.05, 3.63) is 29.6 Å². The minimum Gasteiger partial charge on any atom is -0.478 e. The SMILES string of the molecule is CC(=O)O[C@@H](C(=O)O)[C@H]1OCCN(c2ccc(F)c(C(=O)N3CCOCC3)c2)C1=O. The standard InChI is InChI=1S/C19H21FN2O8/c1-11(23)30-16(19(26)27)15-18(25)22(6-9-29-15)12-2-3-14(20)13(10-12)17(24)21-4-7-28-8-5-21/h2-3,10,15-16H,4-9H2,1H3,(H,26,27)/t15-,16-/m1/s1. The van der Waals surface area contributed by atoms with Crippen LogP contribution in [-0.2, 0) is 28.6 Å². The Kier molecular flexibility index (Phi) is 6.63. The first kappa shape index (κ1) is 21.7. The summed E-state index contributed by atoms with van der Waals surface area (Å²) >= 11 is 0. The number of carbonyl (C=O) groups is 4. The summed E-state index contributed by atoms with van der Waals surface area (Å²) < 4.78 is 29.5. The molecule has 1 N–H and O–H groups in total. The quantitative estimate of drug-likeness (QED) is 0.658. The van der Waals surface area contributed by atoms with Crippen LogP contribution in [-0.4, -0.2) is 85.4 Å². The van der Waals surface area contributed by atoms with Crippen LogP contribution in [0, 0.1) is 5.82 Å². The number of rotatable bonds is 5. The van der Waals surface area contributed by atoms with Gasteiger partial charge in [0, 0.05) is 32.2 Å². The first-order valence-electron chi connectivity index (χ1n) is 9.29. The number of carboxylic acid groups (broad SMARTS) is 1. The molecule has 0 spiro atoms. The highest BCUT2D eigenvalue weighted by Crippen LogP contribution is 2.25. The van der Waals surface area contributed by atoms with Crippen LogP contribution in [0.25, 0.3) is 0 Å². The van der Waals surface area contributed by atoms with Crippen molar-refractivity contribution in [1.82, 2.24) is 4.90 Å². The van der Waals surface area contributed by atoms with Gasteiger partial charge in [0.2, 0.25) is 6.10 Å². The predicted molar refractivity (Wildman–Crippen MR) is 98.4 cm³/mol. The van der Waals surface area contributed by atoms with Gasteiger partial charge in [-0.1, -0.05) is 0 Å². The van der Waals surface area contributed by atoms with Gasteiger partial charge in [-0.2, -0.15) is 0 Å². The van der Waals surface area contributed by atoms with E-state index in [4.69, 9.17) is 14.2 Å². The Balaban J connectivity index is 1.85. The highest BCUT2D eigenvalue weighted by Gasteiger charge is 2.42. The summed E-state index contributed by atoms with van der Waals surface area (Å²) in [7, 11) is 0. The number of esters is 1. The molecule has 0 unspecified atom stereocenters. The molecule has 2 aliphatic heterocycles. The molecule has 0 aliphatic carbocycles. The number of halogens is 1. The van der Waals surface area contributed by atoms with E-state index in [2.05, 4.69) is 0 Å². The van der Waals surface area contributed by atoms with E-state index in [-0.39, 0.29) is 24.4 Å². The molecule has 0 saturated carbocycles. The molecule has 0 aromatic heterocycles. The monoisotopic (exact) mass is 424 g/mol. The van der Waals surface area contributed by atoms with E-state index >= 15 is 0 Å². The van der Waals surface area contributed by atoms with Gasteiger partial charge in [0.1, 0.15) is 5.82 Å². The van der Waals surface area contributed by atoms with Crippen molar-refractivity contribution >= 4 is 29.4 Å². The second-order valence-electron chi connectivity index (χ2n) is 6.72. The van der Waals surface area contributed by atoms with Gasteiger partial charge >= 0.3 is 11.9 Å². The van der Waals surface area contributed by atoms with E-state index in [0.717, 1.165) is 13.0 Å². The number of morpholine rings is 2. The maximum absolute atomic E-state index is 14.4. The Morgan fingerprint density at radius 1 is 1.20 bits per heavy atom. The normalized spacial score (nSPS) is 20.6. The Bertz CT molecular complexity index is 855. The number of ether oxygens (including phenoxy) is 3. The average Bonchev–Trinajstić information content (AvgIpc) is 2.73. The van der Waals surface area contributed by atoms with Crippen LogP contribution in [0.2, 0.25) is 0 Å². The van der Waals surface area contributed by atoms with Crippen molar-refractivity contribution in [3.63, 3.8) is 0 Å². The van der Waals surface area contributed by atoms with Gasteiger partial charge in [0.15, 0.2) is 6.10 Å². The minimum atomic E-state index is -1.83. The fraction of sp³-hybridized carbons (Fsp3) is 0.474. The van der Waals surface area contributed by atoms with Crippen LogP contribution < -0.4 is 4.90 Å². The largest absolute Gasteiger partial charge is 0.478 e. The average molecular weight is 424 g/mol. The molecule has 1 aromatic rings. The molecular formula is C19H21FN2O8. The number of anilines is 1. The lowest BCUT2D eigenvalue weighted by molar-refractivity contribution is -0.177. The van der Waals surface area contributed by atoms with Crippen molar-refractivity contribution in [2.75, 3.05) is 44.4 Å². The first-order valence-corrected chi connectivity index (χ1v) is 9.29. The molecule has 1 aromatic carbocycles. The zero-order valence-electron chi connectivity index (χ0n) is 16.2. The molecule has 11 heteroatoms. The summed E-state index contributed by atoms with van der Waals surface area (Å²) in [5.74, 6) is -4.45. The summed E-state index contributed by atoms with van der Waals surface area (Å²) in [6.07, 6.45) is -3.39. The maximum Gasteiger partial charge on any atom is 0.348 e. The lowest BCUT2D eigenvalue weighted by Crippen LogP contribution is -2.55. The smallest absolute Gasteiger partial charge is 0.348 e. The third kappa shape index (κ3) is 4.57. The van der Waals surface area contributed by atoms with Gasteiger partial charge in [-0.3, -0.25) is 14.4 Å². The Morgan fingerprint density at radius 2 is 1.90 bits per heavy atom. The molecule has 0 bridgehead atoms. The lowest BCUT2D eigenvalue weighted by Gasteiger charge is -2.34. The summed E-state index contributed by atoms with van der Waals surface area (Å²) in [6, 6.07) is 3.63. The van der Waals surface area contributed by atoms with Gasteiger partial charge in [-0.25, -0.2) is 9.18 Å². The molecule has 2 atom stereocenters. The fourth-order valence-electron chi connectivity index (χ4n) is 3.28. The topological polar surface area (TPSA) is 123 Å². The number of carboxylic acids is 1. The summed E-state index contributed by atoms with van der Waals surface area (Å²) in [6.45, 7) is 2.38. The van der Waals surface area contributed by atoms with Gasteiger partial charge < -0.3 is 29.1 Å². The number of hydrogen-bond donors (Lipinski definition) is 1. The zero-order valence-corrected chi connectivity index (χ0v) is 16.2. The Labute approximate surface area is 171 Å². The highest BCUT2D eigenvalue weighted by molar-refractivity contribution is 6.02. The van der Waals surface area contributed by atoms with E-state index < -0.39 is 41.8 Å². The van der Waals surface area contributed by atoms with Gasteiger partial charge in [0.25, 0.3) is 11.8 Å².